The molecule has 31 heavy (non-hydrogen) atoms. The fourth-order valence-corrected chi connectivity index (χ4v) is 3.69. The number of ether oxygens (including phenoxy) is 1. The first-order valence-corrected chi connectivity index (χ1v) is 10.6. The number of aliphatic imine (C=N–C) groups is 1. The van der Waals surface area contributed by atoms with Gasteiger partial charge in [0.2, 0.25) is 0 Å². The van der Waals surface area contributed by atoms with Gasteiger partial charge in [-0.05, 0) is 44.9 Å². The van der Waals surface area contributed by atoms with E-state index in [1.165, 1.54) is 12.1 Å². The molecule has 0 amide bonds. The molecule has 1 saturated heterocycles. The lowest BCUT2D eigenvalue weighted by Gasteiger charge is -2.34. The highest BCUT2D eigenvalue weighted by atomic mass is 127. The third kappa shape index (κ3) is 7.43. The minimum atomic E-state index is -0.225. The maximum absolute atomic E-state index is 13.4. The van der Waals surface area contributed by atoms with E-state index < -0.39 is 0 Å². The summed E-state index contributed by atoms with van der Waals surface area (Å²) in [6.07, 6.45) is 0.816. The minimum absolute atomic E-state index is 0. The predicted molar refractivity (Wildman–Crippen MR) is 131 cm³/mol. The van der Waals surface area contributed by atoms with Crippen molar-refractivity contribution < 1.29 is 13.7 Å². The number of aromatic nitrogens is 1. The fraction of sp³-hybridized carbons (Fsp3) is 0.545. The molecule has 2 heterocycles. The van der Waals surface area contributed by atoms with Crippen molar-refractivity contribution in [1.29, 1.82) is 0 Å². The Labute approximate surface area is 200 Å². The summed E-state index contributed by atoms with van der Waals surface area (Å²) in [7, 11) is 0. The van der Waals surface area contributed by atoms with E-state index in [1.807, 2.05) is 32.9 Å². The van der Waals surface area contributed by atoms with Crippen LogP contribution in [-0.2, 0) is 11.2 Å². The van der Waals surface area contributed by atoms with E-state index >= 15 is 0 Å². The van der Waals surface area contributed by atoms with E-state index in [-0.39, 0.29) is 35.8 Å². The second-order valence-electron chi connectivity index (χ2n) is 7.41. The van der Waals surface area contributed by atoms with E-state index in [0.717, 1.165) is 61.1 Å². The number of aryl methyl sites for hydroxylation is 2. The number of guanidine groups is 1. The van der Waals surface area contributed by atoms with Crippen molar-refractivity contribution in [3.05, 3.63) is 52.7 Å². The van der Waals surface area contributed by atoms with Crippen molar-refractivity contribution in [3.8, 4) is 0 Å². The molecule has 172 valence electrons. The van der Waals surface area contributed by atoms with Crippen LogP contribution in [0.4, 0.5) is 4.39 Å². The molecule has 1 aliphatic rings. The smallest absolute Gasteiger partial charge is 0.191 e. The Morgan fingerprint density at radius 3 is 2.52 bits per heavy atom. The number of rotatable bonds is 8. The Morgan fingerprint density at radius 1 is 1.19 bits per heavy atom. The maximum atomic E-state index is 13.4. The second kappa shape index (κ2) is 13.0. The van der Waals surface area contributed by atoms with Gasteiger partial charge in [0.05, 0.1) is 31.5 Å². The van der Waals surface area contributed by atoms with Crippen LogP contribution in [-0.4, -0.2) is 62.0 Å². The van der Waals surface area contributed by atoms with Gasteiger partial charge in [-0.3, -0.25) is 9.89 Å². The van der Waals surface area contributed by atoms with Gasteiger partial charge >= 0.3 is 0 Å². The van der Waals surface area contributed by atoms with E-state index in [4.69, 9.17) is 14.3 Å². The largest absolute Gasteiger partial charge is 0.379 e. The van der Waals surface area contributed by atoms with Gasteiger partial charge in [-0.15, -0.1) is 24.0 Å². The third-order valence-corrected chi connectivity index (χ3v) is 5.36. The Kier molecular flexibility index (Phi) is 10.7. The zero-order chi connectivity index (χ0) is 21.3. The predicted octanol–water partition coefficient (Wildman–Crippen LogP) is 3.22. The highest BCUT2D eigenvalue weighted by Crippen LogP contribution is 2.22. The zero-order valence-corrected chi connectivity index (χ0v) is 20.8. The van der Waals surface area contributed by atoms with Gasteiger partial charge < -0.3 is 19.9 Å². The van der Waals surface area contributed by atoms with E-state index in [2.05, 4.69) is 20.7 Å². The van der Waals surface area contributed by atoms with E-state index in [9.17, 15) is 4.39 Å². The first-order valence-electron chi connectivity index (χ1n) is 10.6. The number of nitrogens with zero attached hydrogens (tertiary/aromatic N) is 3. The molecule has 0 aliphatic carbocycles. The summed E-state index contributed by atoms with van der Waals surface area (Å²) in [4.78, 5) is 7.19. The number of nitrogens with one attached hydrogen (secondary N) is 2. The zero-order valence-electron chi connectivity index (χ0n) is 18.5. The quantitative estimate of drug-likeness (QED) is 0.302. The van der Waals surface area contributed by atoms with Gasteiger partial charge in [0.1, 0.15) is 11.6 Å². The van der Waals surface area contributed by atoms with E-state index in [0.29, 0.717) is 19.8 Å². The molecule has 7 nitrogen and oxygen atoms in total. The van der Waals surface area contributed by atoms with Gasteiger partial charge in [0.25, 0.3) is 0 Å². The molecular weight excluding hydrogens is 512 g/mol. The van der Waals surface area contributed by atoms with Gasteiger partial charge in [0.15, 0.2) is 5.96 Å². The second-order valence-corrected chi connectivity index (χ2v) is 7.41. The first kappa shape index (κ1) is 25.5. The van der Waals surface area contributed by atoms with Crippen LogP contribution in [0.3, 0.4) is 0 Å². The van der Waals surface area contributed by atoms with Crippen molar-refractivity contribution in [2.75, 3.05) is 45.9 Å². The molecule has 0 radical (unpaired) electrons. The summed E-state index contributed by atoms with van der Waals surface area (Å²) < 4.78 is 24.2. The molecule has 1 aromatic carbocycles. The van der Waals surface area contributed by atoms with Crippen LogP contribution in [0.2, 0.25) is 0 Å². The molecule has 2 aromatic rings. The summed E-state index contributed by atoms with van der Waals surface area (Å²) in [5.74, 6) is 1.40. The van der Waals surface area contributed by atoms with Crippen LogP contribution in [0.15, 0.2) is 33.8 Å². The maximum Gasteiger partial charge on any atom is 0.191 e. The summed E-state index contributed by atoms with van der Waals surface area (Å²) in [6, 6.07) is 6.80. The highest BCUT2D eigenvalue weighted by molar-refractivity contribution is 14.0. The number of hydrogen-bond donors (Lipinski definition) is 2. The summed E-state index contributed by atoms with van der Waals surface area (Å²) in [5, 5.41) is 10.7. The standard InChI is InChI=1S/C22H32FN5O2.HI/c1-4-24-22(25-10-9-20-16(2)27-30-17(20)3)26-15-21(28-11-13-29-14-12-28)18-5-7-19(23)8-6-18;/h5-8,21H,4,9-15H2,1-3H3,(H2,24,25,26);1H. The van der Waals surface area contributed by atoms with Crippen molar-refractivity contribution in [2.24, 2.45) is 4.99 Å². The number of morpholine rings is 1. The third-order valence-electron chi connectivity index (χ3n) is 5.36. The molecular formula is C22H33FIN5O2. The minimum Gasteiger partial charge on any atom is -0.379 e. The molecule has 3 rings (SSSR count). The molecule has 1 aliphatic heterocycles. The van der Waals surface area contributed by atoms with Crippen LogP contribution < -0.4 is 10.6 Å². The number of benzene rings is 1. The Balaban J connectivity index is 0.00000341. The summed E-state index contributed by atoms with van der Waals surface area (Å²) >= 11 is 0. The van der Waals surface area contributed by atoms with Crippen molar-refractivity contribution in [1.82, 2.24) is 20.7 Å². The normalized spacial score (nSPS) is 15.9. The lowest BCUT2D eigenvalue weighted by molar-refractivity contribution is 0.0179. The molecule has 9 heteroatoms. The Bertz CT molecular complexity index is 802. The lowest BCUT2D eigenvalue weighted by Crippen LogP contribution is -2.42. The number of halogens is 2. The topological polar surface area (TPSA) is 74.9 Å². The molecule has 0 bridgehead atoms. The molecule has 1 atom stereocenters. The average Bonchev–Trinajstić information content (AvgIpc) is 3.08. The molecule has 1 unspecified atom stereocenters. The van der Waals surface area contributed by atoms with Crippen molar-refractivity contribution in [3.63, 3.8) is 0 Å². The number of hydrogen-bond acceptors (Lipinski definition) is 5. The van der Waals surface area contributed by atoms with Crippen LogP contribution >= 0.6 is 24.0 Å². The van der Waals surface area contributed by atoms with Crippen LogP contribution in [0.1, 0.15) is 35.5 Å². The summed E-state index contributed by atoms with van der Waals surface area (Å²) in [6.45, 7) is 11.1. The van der Waals surface area contributed by atoms with Crippen LogP contribution in [0, 0.1) is 19.7 Å². The molecule has 0 saturated carbocycles. The van der Waals surface area contributed by atoms with Crippen molar-refractivity contribution >= 4 is 29.9 Å². The molecule has 1 fully saturated rings. The highest BCUT2D eigenvalue weighted by Gasteiger charge is 2.22. The Morgan fingerprint density at radius 2 is 1.90 bits per heavy atom. The first-order chi connectivity index (χ1) is 14.6. The van der Waals surface area contributed by atoms with Crippen molar-refractivity contribution in [2.45, 2.75) is 33.2 Å². The summed E-state index contributed by atoms with van der Waals surface area (Å²) in [5.41, 5.74) is 3.13. The average molecular weight is 545 g/mol. The van der Waals surface area contributed by atoms with Gasteiger partial charge in [-0.25, -0.2) is 4.39 Å². The lowest BCUT2D eigenvalue weighted by atomic mass is 10.0. The molecule has 0 spiro atoms. The molecule has 1 aromatic heterocycles. The fourth-order valence-electron chi connectivity index (χ4n) is 3.69. The molecule has 2 N–H and O–H groups in total. The van der Waals surface area contributed by atoms with Gasteiger partial charge in [0, 0.05) is 31.7 Å². The SMILES string of the molecule is CCNC(=NCC(c1ccc(F)cc1)N1CCOCC1)NCCc1c(C)noc1C.I. The van der Waals surface area contributed by atoms with Crippen LogP contribution in [0.5, 0.6) is 0 Å². The Hall–Kier alpha value is -1.72. The monoisotopic (exact) mass is 545 g/mol. The van der Waals surface area contributed by atoms with Crippen LogP contribution in [0.25, 0.3) is 0 Å². The van der Waals surface area contributed by atoms with E-state index in [1.54, 1.807) is 0 Å². The van der Waals surface area contributed by atoms with Gasteiger partial charge in [-0.1, -0.05) is 17.3 Å². The van der Waals surface area contributed by atoms with Gasteiger partial charge in [-0.2, -0.15) is 0 Å².